The minimum Gasteiger partial charge on any atom is -0.507 e. The summed E-state index contributed by atoms with van der Waals surface area (Å²) in [7, 11) is 0. The van der Waals surface area contributed by atoms with E-state index in [9.17, 15) is 14.7 Å². The molecule has 1 N–H and O–H groups in total. The number of anilines is 1. The summed E-state index contributed by atoms with van der Waals surface area (Å²) in [6, 6.07) is 29.3. The molecule has 40 heavy (non-hydrogen) atoms. The van der Waals surface area contributed by atoms with Crippen LogP contribution in [0.5, 0.6) is 5.75 Å². The van der Waals surface area contributed by atoms with Crippen molar-refractivity contribution in [1.29, 1.82) is 0 Å². The van der Waals surface area contributed by atoms with Crippen LogP contribution in [0.2, 0.25) is 0 Å². The zero-order valence-electron chi connectivity index (χ0n) is 22.0. The number of benzene rings is 4. The molecule has 0 aliphatic carbocycles. The number of ether oxygens (including phenoxy) is 1. The average Bonchev–Trinajstić information content (AvgIpc) is 3.50. The lowest BCUT2D eigenvalue weighted by Crippen LogP contribution is -2.29. The molecule has 5 aromatic rings. The summed E-state index contributed by atoms with van der Waals surface area (Å²) >= 11 is 1.34. The predicted octanol–water partition coefficient (Wildman–Crippen LogP) is 7.12. The molecule has 198 valence electrons. The van der Waals surface area contributed by atoms with Crippen molar-refractivity contribution in [2.75, 3.05) is 4.90 Å². The summed E-state index contributed by atoms with van der Waals surface area (Å²) in [5.74, 6) is -1.13. The van der Waals surface area contributed by atoms with Crippen LogP contribution in [0.4, 0.5) is 5.13 Å². The van der Waals surface area contributed by atoms with Gasteiger partial charge in [-0.15, -0.1) is 0 Å². The quantitative estimate of drug-likeness (QED) is 0.139. The molecule has 1 atom stereocenters. The number of ketones is 1. The predicted molar refractivity (Wildman–Crippen MR) is 158 cm³/mol. The molecule has 2 heterocycles. The van der Waals surface area contributed by atoms with Gasteiger partial charge in [0.1, 0.15) is 18.1 Å². The highest BCUT2D eigenvalue weighted by Crippen LogP contribution is 2.45. The molecule has 0 spiro atoms. The number of hydrogen-bond acceptors (Lipinski definition) is 6. The number of carbonyl (C=O) groups excluding carboxylic acids is 2. The highest BCUT2D eigenvalue weighted by molar-refractivity contribution is 7.22. The molecule has 1 saturated heterocycles. The molecule has 6 nitrogen and oxygen atoms in total. The first-order valence-electron chi connectivity index (χ1n) is 12.9. The van der Waals surface area contributed by atoms with E-state index in [1.807, 2.05) is 98.8 Å². The minimum absolute atomic E-state index is 0.0181. The van der Waals surface area contributed by atoms with Crippen molar-refractivity contribution in [3.8, 4) is 5.75 Å². The molecule has 1 fully saturated rings. The lowest BCUT2D eigenvalue weighted by molar-refractivity contribution is -0.132. The molecule has 0 saturated carbocycles. The first kappa shape index (κ1) is 25.5. The van der Waals surface area contributed by atoms with Gasteiger partial charge < -0.3 is 9.84 Å². The Morgan fingerprint density at radius 1 is 0.900 bits per heavy atom. The second kappa shape index (κ2) is 10.4. The van der Waals surface area contributed by atoms with Crippen molar-refractivity contribution < 1.29 is 19.4 Å². The Hall–Kier alpha value is -4.75. The second-order valence-corrected chi connectivity index (χ2v) is 10.9. The van der Waals surface area contributed by atoms with E-state index in [1.54, 1.807) is 12.1 Å². The van der Waals surface area contributed by atoms with Crippen LogP contribution in [0.25, 0.3) is 16.0 Å². The molecular formula is C33H26N2O4S. The van der Waals surface area contributed by atoms with Gasteiger partial charge in [-0.05, 0) is 54.8 Å². The molecule has 6 rings (SSSR count). The Morgan fingerprint density at radius 2 is 1.65 bits per heavy atom. The standard InChI is InChI=1S/C33H26N2O4S/c1-20-11-14-23(15-12-20)30(36)28-29(24-9-6-10-25(18-24)39-19-22-7-4-3-5-8-22)35(32(38)31(28)37)33-34-26-16-13-21(2)17-27(26)40-33/h3-18,29,36H,19H2,1-2H3. The Balaban J connectivity index is 1.47. The summed E-state index contributed by atoms with van der Waals surface area (Å²) in [5, 5.41) is 11.8. The highest BCUT2D eigenvalue weighted by Gasteiger charge is 2.48. The van der Waals surface area contributed by atoms with Gasteiger partial charge in [-0.3, -0.25) is 14.5 Å². The van der Waals surface area contributed by atoms with Gasteiger partial charge >= 0.3 is 5.91 Å². The minimum atomic E-state index is -0.886. The van der Waals surface area contributed by atoms with E-state index in [-0.39, 0.29) is 11.3 Å². The van der Waals surface area contributed by atoms with Crippen molar-refractivity contribution in [3.05, 3.63) is 130 Å². The molecule has 4 aromatic carbocycles. The largest absolute Gasteiger partial charge is 0.507 e. The van der Waals surface area contributed by atoms with Gasteiger partial charge in [0.25, 0.3) is 5.78 Å². The van der Waals surface area contributed by atoms with Crippen LogP contribution in [-0.2, 0) is 16.2 Å². The summed E-state index contributed by atoms with van der Waals surface area (Å²) in [5.41, 5.74) is 4.96. The number of carbonyl (C=O) groups is 2. The number of nitrogens with zero attached hydrogens (tertiary/aromatic N) is 2. The van der Waals surface area contributed by atoms with Gasteiger partial charge in [0.05, 0.1) is 21.8 Å². The van der Waals surface area contributed by atoms with E-state index >= 15 is 0 Å². The third kappa shape index (κ3) is 4.76. The number of thiazole rings is 1. The molecule has 1 aliphatic heterocycles. The lowest BCUT2D eigenvalue weighted by atomic mass is 9.95. The van der Waals surface area contributed by atoms with E-state index in [0.29, 0.717) is 28.6 Å². The van der Waals surface area contributed by atoms with Gasteiger partial charge in [0.15, 0.2) is 5.13 Å². The maximum atomic E-state index is 13.6. The summed E-state index contributed by atoms with van der Waals surface area (Å²) in [6.45, 7) is 4.30. The number of fused-ring (bicyclic) bond motifs is 1. The fourth-order valence-corrected chi connectivity index (χ4v) is 5.94. The maximum absolute atomic E-state index is 13.6. The molecule has 7 heteroatoms. The normalized spacial score (nSPS) is 16.6. The monoisotopic (exact) mass is 546 g/mol. The number of rotatable bonds is 6. The number of aliphatic hydroxyl groups excluding tert-OH is 1. The van der Waals surface area contributed by atoms with E-state index in [0.717, 1.165) is 26.9 Å². The molecule has 0 radical (unpaired) electrons. The Bertz CT molecular complexity index is 1770. The number of aryl methyl sites for hydroxylation is 2. The Morgan fingerprint density at radius 3 is 2.42 bits per heavy atom. The van der Waals surface area contributed by atoms with Crippen LogP contribution in [0.15, 0.2) is 103 Å². The summed E-state index contributed by atoms with van der Waals surface area (Å²) < 4.78 is 6.97. The Labute approximate surface area is 235 Å². The van der Waals surface area contributed by atoms with Gasteiger partial charge in [-0.25, -0.2) is 4.98 Å². The Kier molecular flexibility index (Phi) is 6.66. The van der Waals surface area contributed by atoms with Crippen molar-refractivity contribution in [3.63, 3.8) is 0 Å². The summed E-state index contributed by atoms with van der Waals surface area (Å²) in [4.78, 5) is 33.3. The molecule has 1 aromatic heterocycles. The van der Waals surface area contributed by atoms with Gasteiger partial charge in [0, 0.05) is 5.56 Å². The van der Waals surface area contributed by atoms with Crippen molar-refractivity contribution in [1.82, 2.24) is 4.98 Å². The van der Waals surface area contributed by atoms with Crippen LogP contribution < -0.4 is 9.64 Å². The van der Waals surface area contributed by atoms with Crippen LogP contribution in [0, 0.1) is 13.8 Å². The molecular weight excluding hydrogens is 520 g/mol. The van der Waals surface area contributed by atoms with Gasteiger partial charge in [0.2, 0.25) is 0 Å². The van der Waals surface area contributed by atoms with E-state index < -0.39 is 17.7 Å². The van der Waals surface area contributed by atoms with Crippen molar-refractivity contribution >= 4 is 44.1 Å². The number of hydrogen-bond donors (Lipinski definition) is 1. The van der Waals surface area contributed by atoms with Crippen LogP contribution in [0.3, 0.4) is 0 Å². The number of aromatic nitrogens is 1. The summed E-state index contributed by atoms with van der Waals surface area (Å²) in [6.07, 6.45) is 0. The molecule has 1 unspecified atom stereocenters. The molecule has 1 aliphatic rings. The van der Waals surface area contributed by atoms with E-state index in [1.165, 1.54) is 16.2 Å². The first-order chi connectivity index (χ1) is 19.4. The second-order valence-electron chi connectivity index (χ2n) is 9.85. The van der Waals surface area contributed by atoms with Crippen molar-refractivity contribution in [2.45, 2.75) is 26.5 Å². The third-order valence-electron chi connectivity index (χ3n) is 6.93. The fourth-order valence-electron chi connectivity index (χ4n) is 4.85. The fraction of sp³-hybridized carbons (Fsp3) is 0.121. The number of aliphatic hydroxyl groups is 1. The van der Waals surface area contributed by atoms with Crippen LogP contribution in [-0.4, -0.2) is 21.8 Å². The van der Waals surface area contributed by atoms with E-state index in [2.05, 4.69) is 0 Å². The highest BCUT2D eigenvalue weighted by atomic mass is 32.1. The molecule has 1 amide bonds. The first-order valence-corrected chi connectivity index (χ1v) is 13.7. The maximum Gasteiger partial charge on any atom is 0.301 e. The molecule has 0 bridgehead atoms. The van der Waals surface area contributed by atoms with Crippen molar-refractivity contribution in [2.24, 2.45) is 0 Å². The number of Topliss-reactive ketones (excluding diaryl/α,β-unsaturated/α-hetero) is 1. The topological polar surface area (TPSA) is 79.7 Å². The van der Waals surface area contributed by atoms with Crippen LogP contribution in [0.1, 0.15) is 33.9 Å². The zero-order chi connectivity index (χ0) is 27.8. The average molecular weight is 547 g/mol. The van der Waals surface area contributed by atoms with Gasteiger partial charge in [-0.1, -0.05) is 89.7 Å². The van der Waals surface area contributed by atoms with Crippen LogP contribution >= 0.6 is 11.3 Å². The lowest BCUT2D eigenvalue weighted by Gasteiger charge is -2.23. The smallest absolute Gasteiger partial charge is 0.301 e. The van der Waals surface area contributed by atoms with E-state index in [4.69, 9.17) is 9.72 Å². The number of amides is 1. The SMILES string of the molecule is Cc1ccc(C(O)=C2C(=O)C(=O)N(c3nc4ccc(C)cc4s3)C2c2cccc(OCc3ccccc3)c2)cc1. The van der Waals surface area contributed by atoms with Gasteiger partial charge in [-0.2, -0.15) is 0 Å². The zero-order valence-corrected chi connectivity index (χ0v) is 22.8. The third-order valence-corrected chi connectivity index (χ3v) is 7.95.